The second kappa shape index (κ2) is 13.7. The number of pyridine rings is 1. The summed E-state index contributed by atoms with van der Waals surface area (Å²) < 4.78 is 62.7. The van der Waals surface area contributed by atoms with Crippen LogP contribution in [0.1, 0.15) is 28.3 Å². The standard InChI is InChI=1S/C28H27ClF3N3O7/c1-39-22-11-34-28(38)25(24(22)18-8-14(29)2-5-21(18)42-13-23(31)32)19(10-16-12-40-6-7-41-16)27(37)35-15-3-4-17(26(33)36)20(30)9-15/h2-5,8-9,11,16,19,23H,6-7,10,12-13H2,1H3,(H2,33,36)(H,34,38)(H,35,37). The molecule has 4 N–H and O–H groups in total. The van der Waals surface area contributed by atoms with E-state index in [4.69, 9.17) is 36.3 Å². The number of alkyl halides is 2. The van der Waals surface area contributed by atoms with Gasteiger partial charge in [0.2, 0.25) is 5.91 Å². The first-order chi connectivity index (χ1) is 20.1. The fraction of sp³-hybridized carbons (Fsp3) is 0.321. The average molecular weight is 610 g/mol. The Balaban J connectivity index is 1.86. The summed E-state index contributed by atoms with van der Waals surface area (Å²) in [6.07, 6.45) is -2.22. The van der Waals surface area contributed by atoms with Crippen molar-refractivity contribution in [3.8, 4) is 22.6 Å². The molecule has 0 spiro atoms. The van der Waals surface area contributed by atoms with Gasteiger partial charge in [0.25, 0.3) is 17.9 Å². The Morgan fingerprint density at radius 3 is 2.62 bits per heavy atom. The maximum absolute atomic E-state index is 14.5. The molecule has 2 aromatic carbocycles. The largest absolute Gasteiger partial charge is 0.495 e. The minimum atomic E-state index is -2.79. The van der Waals surface area contributed by atoms with Crippen LogP contribution in [0.3, 0.4) is 0 Å². The first kappa shape index (κ1) is 30.9. The monoisotopic (exact) mass is 609 g/mol. The predicted octanol–water partition coefficient (Wildman–Crippen LogP) is 4.11. The molecule has 1 fully saturated rings. The van der Waals surface area contributed by atoms with E-state index >= 15 is 0 Å². The second-order valence-electron chi connectivity index (χ2n) is 9.22. The number of benzene rings is 2. The summed E-state index contributed by atoms with van der Waals surface area (Å²) in [7, 11) is 1.32. The highest BCUT2D eigenvalue weighted by atomic mass is 35.5. The van der Waals surface area contributed by atoms with E-state index in [1.165, 1.54) is 37.6 Å². The molecule has 224 valence electrons. The topological polar surface area (TPSA) is 142 Å². The number of amides is 2. The van der Waals surface area contributed by atoms with E-state index < -0.39 is 48.2 Å². The number of nitrogens with one attached hydrogen (secondary N) is 2. The van der Waals surface area contributed by atoms with Gasteiger partial charge in [-0.25, -0.2) is 13.2 Å². The van der Waals surface area contributed by atoms with Gasteiger partial charge >= 0.3 is 0 Å². The van der Waals surface area contributed by atoms with E-state index in [1.54, 1.807) is 0 Å². The van der Waals surface area contributed by atoms with Gasteiger partial charge in [0.15, 0.2) is 0 Å². The maximum atomic E-state index is 14.5. The van der Waals surface area contributed by atoms with Gasteiger partial charge in [-0.1, -0.05) is 11.6 Å². The number of ether oxygens (including phenoxy) is 4. The van der Waals surface area contributed by atoms with Crippen LogP contribution >= 0.6 is 11.6 Å². The van der Waals surface area contributed by atoms with E-state index in [0.717, 1.165) is 12.1 Å². The summed E-state index contributed by atoms with van der Waals surface area (Å²) in [5.41, 5.74) is 4.16. The van der Waals surface area contributed by atoms with E-state index in [0.29, 0.717) is 6.61 Å². The Bertz CT molecular complexity index is 1510. The fourth-order valence-electron chi connectivity index (χ4n) is 4.59. The third-order valence-electron chi connectivity index (χ3n) is 6.44. The lowest BCUT2D eigenvalue weighted by molar-refractivity contribution is -0.121. The van der Waals surface area contributed by atoms with E-state index in [1.807, 2.05) is 0 Å². The molecular weight excluding hydrogens is 583 g/mol. The number of carbonyl (C=O) groups is 2. The van der Waals surface area contributed by atoms with Crippen LogP contribution < -0.4 is 26.1 Å². The Kier molecular flexibility index (Phi) is 10.1. The zero-order valence-corrected chi connectivity index (χ0v) is 23.0. The molecule has 42 heavy (non-hydrogen) atoms. The lowest BCUT2D eigenvalue weighted by Gasteiger charge is -2.28. The summed E-state index contributed by atoms with van der Waals surface area (Å²) in [6.45, 7) is -0.223. The van der Waals surface area contributed by atoms with Crippen LogP contribution in [0, 0.1) is 5.82 Å². The molecule has 0 radical (unpaired) electrons. The summed E-state index contributed by atoms with van der Waals surface area (Å²) in [4.78, 5) is 41.3. The Hall–Kier alpha value is -4.07. The van der Waals surface area contributed by atoms with E-state index in [9.17, 15) is 27.6 Å². The van der Waals surface area contributed by atoms with Crippen molar-refractivity contribution in [1.82, 2.24) is 4.98 Å². The number of primary amides is 1. The zero-order valence-electron chi connectivity index (χ0n) is 22.3. The summed E-state index contributed by atoms with van der Waals surface area (Å²) >= 11 is 6.26. The van der Waals surface area contributed by atoms with Crippen LogP contribution in [0.5, 0.6) is 11.5 Å². The van der Waals surface area contributed by atoms with Crippen molar-refractivity contribution >= 4 is 29.1 Å². The van der Waals surface area contributed by atoms with Gasteiger partial charge in [0.1, 0.15) is 23.9 Å². The number of nitrogens with two attached hydrogens (primary N) is 1. The van der Waals surface area contributed by atoms with Crippen LogP contribution in [-0.4, -0.2) is 62.9 Å². The number of aromatic nitrogens is 1. The molecule has 1 aliphatic rings. The minimum Gasteiger partial charge on any atom is -0.495 e. The molecule has 3 aromatic rings. The molecule has 2 atom stereocenters. The third kappa shape index (κ3) is 7.22. The third-order valence-corrected chi connectivity index (χ3v) is 6.68. The number of H-pyrrole nitrogens is 1. The first-order valence-corrected chi connectivity index (χ1v) is 13.1. The van der Waals surface area contributed by atoms with Gasteiger partial charge in [-0.2, -0.15) is 0 Å². The maximum Gasteiger partial charge on any atom is 0.272 e. The van der Waals surface area contributed by atoms with Crippen molar-refractivity contribution in [2.24, 2.45) is 5.73 Å². The number of halogens is 4. The average Bonchev–Trinajstić information content (AvgIpc) is 2.95. The highest BCUT2D eigenvalue weighted by Gasteiger charge is 2.34. The van der Waals surface area contributed by atoms with Gasteiger partial charge in [-0.05, 0) is 42.8 Å². The quantitative estimate of drug-likeness (QED) is 0.297. The number of carbonyl (C=O) groups excluding carboxylic acids is 2. The summed E-state index contributed by atoms with van der Waals surface area (Å²) in [6, 6.07) is 7.49. The normalized spacial score (nSPS) is 15.7. The molecule has 0 saturated carbocycles. The van der Waals surface area contributed by atoms with E-state index in [2.05, 4.69) is 10.3 Å². The predicted molar refractivity (Wildman–Crippen MR) is 147 cm³/mol. The number of hydrogen-bond acceptors (Lipinski definition) is 7. The van der Waals surface area contributed by atoms with E-state index in [-0.39, 0.29) is 64.1 Å². The molecule has 1 aliphatic heterocycles. The molecule has 1 saturated heterocycles. The van der Waals surface area contributed by atoms with Crippen LogP contribution in [0.15, 0.2) is 47.4 Å². The molecule has 1 aromatic heterocycles. The van der Waals surface area contributed by atoms with Gasteiger partial charge in [0.05, 0.1) is 44.5 Å². The lowest BCUT2D eigenvalue weighted by Crippen LogP contribution is -2.35. The van der Waals surface area contributed by atoms with Crippen molar-refractivity contribution < 1.29 is 41.7 Å². The Labute approximate surface area is 242 Å². The summed E-state index contributed by atoms with van der Waals surface area (Å²) in [5, 5.41) is 2.76. The number of aromatic amines is 1. The summed E-state index contributed by atoms with van der Waals surface area (Å²) in [5.74, 6) is -3.91. The van der Waals surface area contributed by atoms with Crippen molar-refractivity contribution in [2.75, 3.05) is 38.9 Å². The second-order valence-corrected chi connectivity index (χ2v) is 9.66. The number of anilines is 1. The molecule has 0 bridgehead atoms. The van der Waals surface area contributed by atoms with Crippen LogP contribution in [-0.2, 0) is 14.3 Å². The molecule has 2 amide bonds. The molecule has 14 heteroatoms. The SMILES string of the molecule is COc1c[nH]c(=O)c(C(CC2COCCO2)C(=O)Nc2ccc(C(N)=O)c(F)c2)c1-c1cc(Cl)ccc1OCC(F)F. The zero-order chi connectivity index (χ0) is 30.4. The van der Waals surface area contributed by atoms with Gasteiger partial charge in [-0.3, -0.25) is 14.4 Å². The Morgan fingerprint density at radius 1 is 1.19 bits per heavy atom. The Morgan fingerprint density at radius 2 is 1.98 bits per heavy atom. The molecular formula is C28H27ClF3N3O7. The van der Waals surface area contributed by atoms with Crippen molar-refractivity contribution in [3.63, 3.8) is 0 Å². The van der Waals surface area contributed by atoms with Gasteiger partial charge in [-0.15, -0.1) is 0 Å². The highest BCUT2D eigenvalue weighted by Crippen LogP contribution is 2.42. The number of rotatable bonds is 11. The van der Waals surface area contributed by atoms with Crippen molar-refractivity contribution in [2.45, 2.75) is 24.9 Å². The molecule has 2 heterocycles. The minimum absolute atomic E-state index is 0.0158. The van der Waals surface area contributed by atoms with Crippen molar-refractivity contribution in [3.05, 3.63) is 74.9 Å². The lowest BCUT2D eigenvalue weighted by atomic mass is 9.86. The smallest absolute Gasteiger partial charge is 0.272 e. The van der Waals surface area contributed by atoms with Crippen molar-refractivity contribution in [1.29, 1.82) is 0 Å². The molecule has 0 aliphatic carbocycles. The first-order valence-electron chi connectivity index (χ1n) is 12.7. The van der Waals surface area contributed by atoms with Gasteiger partial charge in [0, 0.05) is 33.6 Å². The van der Waals surface area contributed by atoms with Crippen LogP contribution in [0.4, 0.5) is 18.9 Å². The highest BCUT2D eigenvalue weighted by molar-refractivity contribution is 6.31. The molecule has 10 nitrogen and oxygen atoms in total. The van der Waals surface area contributed by atoms with Crippen LogP contribution in [0.25, 0.3) is 11.1 Å². The van der Waals surface area contributed by atoms with Gasteiger partial charge < -0.3 is 35.0 Å². The molecule has 4 rings (SSSR count). The molecule has 2 unspecified atom stereocenters. The fourth-order valence-corrected chi connectivity index (χ4v) is 4.76. The van der Waals surface area contributed by atoms with Crippen LogP contribution in [0.2, 0.25) is 5.02 Å². The number of methoxy groups -OCH3 is 1. The number of hydrogen-bond donors (Lipinski definition) is 3.